The molecule has 0 spiro atoms. The van der Waals surface area contributed by atoms with E-state index in [4.69, 9.17) is 0 Å². The number of hydrogen-bond donors (Lipinski definition) is 3. The van der Waals surface area contributed by atoms with Crippen LogP contribution in [-0.2, 0) is 16.0 Å². The number of hydrogen-bond acceptors (Lipinski definition) is 3. The van der Waals surface area contributed by atoms with E-state index in [0.717, 1.165) is 12.5 Å². The Morgan fingerprint density at radius 1 is 1.07 bits per heavy atom. The maximum atomic E-state index is 13.4. The number of nitrogens with one attached hydrogen (secondary N) is 2. The van der Waals surface area contributed by atoms with Gasteiger partial charge in [0, 0.05) is 25.5 Å². The van der Waals surface area contributed by atoms with Gasteiger partial charge in [-0.15, -0.1) is 0 Å². The molecule has 0 aliphatic carbocycles. The van der Waals surface area contributed by atoms with Crippen molar-refractivity contribution in [2.24, 2.45) is 5.92 Å². The van der Waals surface area contributed by atoms with Crippen molar-refractivity contribution in [3.05, 3.63) is 35.4 Å². The summed E-state index contributed by atoms with van der Waals surface area (Å²) in [7, 11) is 0. The van der Waals surface area contributed by atoms with Gasteiger partial charge in [0.05, 0.1) is 12.1 Å². The molecule has 3 N–H and O–H groups in total. The van der Waals surface area contributed by atoms with Gasteiger partial charge >= 0.3 is 0 Å². The number of aliphatic hydroxyl groups is 1. The molecule has 1 aromatic rings. The minimum atomic E-state index is -0.986. The Kier molecular flexibility index (Phi) is 9.35. The molecule has 7 heteroatoms. The third-order valence-electron chi connectivity index (χ3n) is 4.18. The van der Waals surface area contributed by atoms with Crippen molar-refractivity contribution in [3.8, 4) is 0 Å². The summed E-state index contributed by atoms with van der Waals surface area (Å²) in [6.07, 6.45) is 0.483. The zero-order valence-corrected chi connectivity index (χ0v) is 16.4. The van der Waals surface area contributed by atoms with Crippen LogP contribution in [0.15, 0.2) is 18.2 Å². The molecule has 0 saturated heterocycles. The Morgan fingerprint density at radius 3 is 2.19 bits per heavy atom. The van der Waals surface area contributed by atoms with Crippen molar-refractivity contribution in [2.45, 2.75) is 71.6 Å². The Labute approximate surface area is 159 Å². The van der Waals surface area contributed by atoms with Crippen LogP contribution in [0.4, 0.5) is 8.78 Å². The maximum Gasteiger partial charge on any atom is 0.220 e. The van der Waals surface area contributed by atoms with Crippen LogP contribution >= 0.6 is 0 Å². The monoisotopic (exact) mass is 384 g/mol. The van der Waals surface area contributed by atoms with E-state index >= 15 is 0 Å². The fraction of sp³-hybridized carbons (Fsp3) is 0.600. The Balaban J connectivity index is 2.69. The molecule has 2 amide bonds. The first-order valence-corrected chi connectivity index (χ1v) is 9.26. The van der Waals surface area contributed by atoms with E-state index in [-0.39, 0.29) is 30.7 Å². The normalized spacial score (nSPS) is 14.5. The first kappa shape index (κ1) is 23.0. The second-order valence-corrected chi connectivity index (χ2v) is 7.49. The number of carbonyl (C=O) groups excluding carboxylic acids is 2. The molecular formula is C20H30F2N2O3. The summed E-state index contributed by atoms with van der Waals surface area (Å²) in [6, 6.07) is 2.07. The summed E-state index contributed by atoms with van der Waals surface area (Å²) in [4.78, 5) is 23.4. The molecule has 1 aromatic carbocycles. The van der Waals surface area contributed by atoms with Crippen LogP contribution in [0.25, 0.3) is 0 Å². The lowest BCUT2D eigenvalue weighted by molar-refractivity contribution is -0.123. The number of aliphatic hydroxyl groups excluding tert-OH is 1. The van der Waals surface area contributed by atoms with Crippen LogP contribution in [-0.4, -0.2) is 35.1 Å². The largest absolute Gasteiger partial charge is 0.391 e. The average molecular weight is 384 g/mol. The molecule has 0 fully saturated rings. The van der Waals surface area contributed by atoms with Crippen LogP contribution in [0.2, 0.25) is 0 Å². The molecule has 152 valence electrons. The molecule has 27 heavy (non-hydrogen) atoms. The highest BCUT2D eigenvalue weighted by Gasteiger charge is 2.24. The quantitative estimate of drug-likeness (QED) is 0.580. The van der Waals surface area contributed by atoms with E-state index in [1.807, 2.05) is 13.8 Å². The Morgan fingerprint density at radius 2 is 1.67 bits per heavy atom. The SMILES string of the molecule is CC(=O)NC(Cc1cc(F)cc(F)c1)C(O)CC(C)NC(=O)CCC(C)C. The molecule has 0 heterocycles. The van der Waals surface area contributed by atoms with Crippen LogP contribution in [0.3, 0.4) is 0 Å². The summed E-state index contributed by atoms with van der Waals surface area (Å²) in [6.45, 7) is 7.15. The van der Waals surface area contributed by atoms with Gasteiger partial charge in [0.25, 0.3) is 0 Å². The van der Waals surface area contributed by atoms with Gasteiger partial charge in [-0.2, -0.15) is 0 Å². The van der Waals surface area contributed by atoms with Gasteiger partial charge in [0.15, 0.2) is 0 Å². The predicted molar refractivity (Wildman–Crippen MR) is 100.0 cm³/mol. The summed E-state index contributed by atoms with van der Waals surface area (Å²) in [5.41, 5.74) is 0.332. The Bertz CT molecular complexity index is 617. The van der Waals surface area contributed by atoms with Gasteiger partial charge in [-0.05, 0) is 49.8 Å². The number of benzene rings is 1. The van der Waals surface area contributed by atoms with E-state index in [2.05, 4.69) is 10.6 Å². The van der Waals surface area contributed by atoms with Crippen molar-refractivity contribution < 1.29 is 23.5 Å². The van der Waals surface area contributed by atoms with Crippen molar-refractivity contribution in [3.63, 3.8) is 0 Å². The first-order valence-electron chi connectivity index (χ1n) is 9.26. The van der Waals surface area contributed by atoms with E-state index in [9.17, 15) is 23.5 Å². The summed E-state index contributed by atoms with van der Waals surface area (Å²) in [5.74, 6) is -1.46. The summed E-state index contributed by atoms with van der Waals surface area (Å²) in [5, 5.41) is 15.9. The van der Waals surface area contributed by atoms with E-state index in [1.165, 1.54) is 19.1 Å². The molecule has 0 aromatic heterocycles. The predicted octanol–water partition coefficient (Wildman–Crippen LogP) is 2.70. The molecular weight excluding hydrogens is 354 g/mol. The van der Waals surface area contributed by atoms with E-state index in [0.29, 0.717) is 17.9 Å². The second-order valence-electron chi connectivity index (χ2n) is 7.49. The minimum Gasteiger partial charge on any atom is -0.391 e. The smallest absolute Gasteiger partial charge is 0.220 e. The molecule has 0 aliphatic rings. The summed E-state index contributed by atoms with van der Waals surface area (Å²) >= 11 is 0. The van der Waals surface area contributed by atoms with Gasteiger partial charge in [-0.1, -0.05) is 13.8 Å². The first-order chi connectivity index (χ1) is 12.6. The molecule has 5 nitrogen and oxygen atoms in total. The lowest BCUT2D eigenvalue weighted by Crippen LogP contribution is -2.47. The molecule has 0 radical (unpaired) electrons. The van der Waals surface area contributed by atoms with Crippen molar-refractivity contribution >= 4 is 11.8 Å². The number of halogens is 2. The third kappa shape index (κ3) is 9.47. The molecule has 0 bridgehead atoms. The topological polar surface area (TPSA) is 78.4 Å². The molecule has 3 atom stereocenters. The van der Waals surface area contributed by atoms with Crippen molar-refractivity contribution in [1.82, 2.24) is 10.6 Å². The van der Waals surface area contributed by atoms with E-state index < -0.39 is 23.8 Å². The highest BCUT2D eigenvalue weighted by molar-refractivity contribution is 5.76. The number of rotatable bonds is 10. The molecule has 0 aliphatic heterocycles. The highest BCUT2D eigenvalue weighted by atomic mass is 19.1. The van der Waals surface area contributed by atoms with Gasteiger partial charge in [0.1, 0.15) is 11.6 Å². The molecule has 0 saturated carbocycles. The van der Waals surface area contributed by atoms with Crippen LogP contribution < -0.4 is 10.6 Å². The van der Waals surface area contributed by atoms with E-state index in [1.54, 1.807) is 6.92 Å². The Hall–Kier alpha value is -2.02. The fourth-order valence-electron chi connectivity index (χ4n) is 2.88. The summed E-state index contributed by atoms with van der Waals surface area (Å²) < 4.78 is 26.8. The molecule has 3 unspecified atom stereocenters. The van der Waals surface area contributed by atoms with Gasteiger partial charge in [-0.3, -0.25) is 9.59 Å². The van der Waals surface area contributed by atoms with Crippen LogP contribution in [0.5, 0.6) is 0 Å². The number of carbonyl (C=O) groups is 2. The number of amides is 2. The average Bonchev–Trinajstić information content (AvgIpc) is 2.50. The highest BCUT2D eigenvalue weighted by Crippen LogP contribution is 2.14. The lowest BCUT2D eigenvalue weighted by atomic mass is 9.96. The van der Waals surface area contributed by atoms with Gasteiger partial charge in [-0.25, -0.2) is 8.78 Å². The molecule has 1 rings (SSSR count). The van der Waals surface area contributed by atoms with Gasteiger partial charge in [0.2, 0.25) is 11.8 Å². The fourth-order valence-corrected chi connectivity index (χ4v) is 2.88. The van der Waals surface area contributed by atoms with Crippen molar-refractivity contribution in [1.29, 1.82) is 0 Å². The maximum absolute atomic E-state index is 13.4. The standard InChI is InChI=1S/C20H30F2N2O3/c1-12(2)5-6-20(27)23-13(3)7-19(26)18(24-14(4)25)10-15-8-16(21)11-17(22)9-15/h8-9,11-13,18-19,26H,5-7,10H2,1-4H3,(H,23,27)(H,24,25). The second kappa shape index (κ2) is 11.0. The van der Waals surface area contributed by atoms with Gasteiger partial charge < -0.3 is 15.7 Å². The zero-order valence-electron chi connectivity index (χ0n) is 16.4. The lowest BCUT2D eigenvalue weighted by Gasteiger charge is -2.26. The minimum absolute atomic E-state index is 0.0729. The van der Waals surface area contributed by atoms with Crippen molar-refractivity contribution in [2.75, 3.05) is 0 Å². The van der Waals surface area contributed by atoms with Crippen LogP contribution in [0, 0.1) is 17.6 Å². The van der Waals surface area contributed by atoms with Crippen LogP contribution in [0.1, 0.15) is 52.5 Å². The zero-order chi connectivity index (χ0) is 20.6. The third-order valence-corrected chi connectivity index (χ3v) is 4.18.